The summed E-state index contributed by atoms with van der Waals surface area (Å²) in [6.07, 6.45) is 2.68. The summed E-state index contributed by atoms with van der Waals surface area (Å²) < 4.78 is 28.4. The lowest BCUT2D eigenvalue weighted by atomic mass is 10.0. The van der Waals surface area contributed by atoms with Gasteiger partial charge in [0.25, 0.3) is 12.3 Å². The van der Waals surface area contributed by atoms with Crippen molar-refractivity contribution in [1.82, 2.24) is 29.5 Å². The topological polar surface area (TPSA) is 102 Å². The van der Waals surface area contributed by atoms with E-state index in [0.717, 1.165) is 11.1 Å². The predicted molar refractivity (Wildman–Crippen MR) is 112 cm³/mol. The highest BCUT2D eigenvalue weighted by Crippen LogP contribution is 2.34. The van der Waals surface area contributed by atoms with Crippen molar-refractivity contribution in [2.24, 2.45) is 7.05 Å². The smallest absolute Gasteiger partial charge is 0.257 e. The van der Waals surface area contributed by atoms with Crippen LogP contribution >= 0.6 is 0 Å². The van der Waals surface area contributed by atoms with E-state index in [1.807, 2.05) is 6.07 Å². The summed E-state index contributed by atoms with van der Waals surface area (Å²) in [5.41, 5.74) is 4.00. The van der Waals surface area contributed by atoms with Crippen molar-refractivity contribution in [1.29, 1.82) is 0 Å². The molecule has 2 aromatic heterocycles. The maximum Gasteiger partial charge on any atom is 0.257 e. The van der Waals surface area contributed by atoms with Crippen LogP contribution in [-0.4, -0.2) is 54.4 Å². The Morgan fingerprint density at radius 2 is 2.03 bits per heavy atom. The Labute approximate surface area is 187 Å². The van der Waals surface area contributed by atoms with Crippen LogP contribution in [0.5, 0.6) is 0 Å². The monoisotopic (exact) mass is 454 g/mol. The number of hydrogen-bond acceptors (Lipinski definition) is 5. The Morgan fingerprint density at radius 1 is 1.21 bits per heavy atom. The summed E-state index contributed by atoms with van der Waals surface area (Å²) in [4.78, 5) is 42.6. The lowest BCUT2D eigenvalue weighted by Gasteiger charge is -2.29. The van der Waals surface area contributed by atoms with Crippen LogP contribution in [0.25, 0.3) is 22.5 Å². The number of nitrogens with one attached hydrogen (secondary N) is 1. The van der Waals surface area contributed by atoms with E-state index in [2.05, 4.69) is 15.4 Å². The molecule has 4 heterocycles. The molecule has 2 aliphatic heterocycles. The maximum atomic E-state index is 12.9. The van der Waals surface area contributed by atoms with Gasteiger partial charge in [0, 0.05) is 42.9 Å². The lowest BCUT2D eigenvalue weighted by Crippen LogP contribution is -2.52. The Morgan fingerprint density at radius 3 is 2.79 bits per heavy atom. The van der Waals surface area contributed by atoms with Crippen LogP contribution in [0.2, 0.25) is 0 Å². The number of imide groups is 1. The number of carbonyl (C=O) groups excluding carboxylic acids is 3. The summed E-state index contributed by atoms with van der Waals surface area (Å²) in [6, 6.07) is 4.66. The van der Waals surface area contributed by atoms with E-state index in [1.165, 1.54) is 15.8 Å². The first kappa shape index (κ1) is 21.0. The molecule has 3 aromatic rings. The molecular formula is C22H20F2N6O3. The van der Waals surface area contributed by atoms with E-state index in [9.17, 15) is 23.2 Å². The Hall–Kier alpha value is -3.89. The highest BCUT2D eigenvalue weighted by Gasteiger charge is 2.39. The summed E-state index contributed by atoms with van der Waals surface area (Å²) in [6.45, 7) is -0.243. The average molecular weight is 454 g/mol. The number of piperidine rings is 1. The number of benzene rings is 1. The number of nitrogens with zero attached hydrogens (tertiary/aromatic N) is 5. The van der Waals surface area contributed by atoms with Gasteiger partial charge in [-0.3, -0.25) is 24.4 Å². The fraction of sp³-hybridized carbons (Fsp3) is 0.318. The number of alkyl halides is 2. The quantitative estimate of drug-likeness (QED) is 0.594. The van der Waals surface area contributed by atoms with E-state index >= 15 is 0 Å². The highest BCUT2D eigenvalue weighted by molar-refractivity contribution is 6.05. The molecule has 1 saturated heterocycles. The van der Waals surface area contributed by atoms with Crippen molar-refractivity contribution in [2.75, 3.05) is 0 Å². The summed E-state index contributed by atoms with van der Waals surface area (Å²) >= 11 is 0. The first-order valence-corrected chi connectivity index (χ1v) is 10.4. The molecule has 1 N–H and O–H groups in total. The van der Waals surface area contributed by atoms with Crippen molar-refractivity contribution in [3.63, 3.8) is 0 Å². The second kappa shape index (κ2) is 7.91. The first-order valence-electron chi connectivity index (χ1n) is 10.4. The summed E-state index contributed by atoms with van der Waals surface area (Å²) in [7, 11) is 1.80. The van der Waals surface area contributed by atoms with Gasteiger partial charge in [-0.05, 0) is 24.1 Å². The predicted octanol–water partition coefficient (Wildman–Crippen LogP) is 1.98. The van der Waals surface area contributed by atoms with Crippen LogP contribution in [-0.2, 0) is 29.7 Å². The van der Waals surface area contributed by atoms with Crippen LogP contribution in [0.3, 0.4) is 0 Å². The SMILES string of the molecule is Cn1cnc(-c2ccc3c(c2)CN([C@H]2CCC(=O)NC2=O)C3=O)c1-c1cnn(CC(F)F)c1. The zero-order valence-electron chi connectivity index (χ0n) is 17.7. The minimum absolute atomic E-state index is 0.193. The van der Waals surface area contributed by atoms with Gasteiger partial charge in [-0.25, -0.2) is 13.8 Å². The van der Waals surface area contributed by atoms with E-state index < -0.39 is 24.9 Å². The molecule has 170 valence electrons. The van der Waals surface area contributed by atoms with Crippen molar-refractivity contribution >= 4 is 17.7 Å². The number of fused-ring (bicyclic) bond motifs is 1. The second-order valence-electron chi connectivity index (χ2n) is 8.17. The second-order valence-corrected chi connectivity index (χ2v) is 8.17. The maximum absolute atomic E-state index is 12.9. The summed E-state index contributed by atoms with van der Waals surface area (Å²) in [5, 5.41) is 6.31. The number of rotatable bonds is 5. The molecule has 1 fully saturated rings. The molecule has 11 heteroatoms. The molecule has 0 spiro atoms. The fourth-order valence-corrected chi connectivity index (χ4v) is 4.43. The average Bonchev–Trinajstić information content (AvgIpc) is 3.45. The minimum atomic E-state index is -2.51. The molecule has 0 aliphatic carbocycles. The molecule has 33 heavy (non-hydrogen) atoms. The molecule has 9 nitrogen and oxygen atoms in total. The molecule has 0 radical (unpaired) electrons. The highest BCUT2D eigenvalue weighted by atomic mass is 19.3. The zero-order valence-corrected chi connectivity index (χ0v) is 17.7. The van der Waals surface area contributed by atoms with Gasteiger partial charge in [-0.2, -0.15) is 5.10 Å². The molecule has 0 bridgehead atoms. The van der Waals surface area contributed by atoms with Gasteiger partial charge in [0.15, 0.2) is 0 Å². The van der Waals surface area contributed by atoms with Gasteiger partial charge in [-0.15, -0.1) is 0 Å². The standard InChI is InChI=1S/C22H20F2N6O3/c1-28-11-25-19(20(28)14-7-26-29(8-14)10-17(23)24)12-2-3-15-13(6-12)9-30(22(15)33)16-4-5-18(31)27-21(16)32/h2-3,6-8,11,16-17H,4-5,9-10H2,1H3,(H,27,31,32)/t16-/m0/s1. The number of amides is 3. The van der Waals surface area contributed by atoms with Crippen LogP contribution in [0.4, 0.5) is 8.78 Å². The van der Waals surface area contributed by atoms with E-state index in [1.54, 1.807) is 36.3 Å². The number of hydrogen-bond donors (Lipinski definition) is 1. The van der Waals surface area contributed by atoms with Gasteiger partial charge in [0.1, 0.15) is 12.6 Å². The normalized spacial score (nSPS) is 18.2. The number of imidazole rings is 1. The Balaban J connectivity index is 1.45. The van der Waals surface area contributed by atoms with Crippen LogP contribution in [0, 0.1) is 0 Å². The van der Waals surface area contributed by atoms with Crippen molar-refractivity contribution in [2.45, 2.75) is 38.4 Å². The Kier molecular flexibility index (Phi) is 5.03. The molecule has 3 amide bonds. The first-order chi connectivity index (χ1) is 15.8. The lowest BCUT2D eigenvalue weighted by molar-refractivity contribution is -0.136. The van der Waals surface area contributed by atoms with Gasteiger partial charge in [0.05, 0.1) is 23.9 Å². The van der Waals surface area contributed by atoms with Gasteiger partial charge < -0.3 is 9.47 Å². The summed E-state index contributed by atoms with van der Waals surface area (Å²) in [5.74, 6) is -1.04. The fourth-order valence-electron chi connectivity index (χ4n) is 4.43. The van der Waals surface area contributed by atoms with Gasteiger partial charge >= 0.3 is 0 Å². The van der Waals surface area contributed by atoms with Gasteiger partial charge in [-0.1, -0.05) is 6.07 Å². The molecular weight excluding hydrogens is 434 g/mol. The van der Waals surface area contributed by atoms with Crippen molar-refractivity contribution in [3.05, 3.63) is 48.0 Å². The number of carbonyl (C=O) groups is 3. The van der Waals surface area contributed by atoms with Crippen molar-refractivity contribution < 1.29 is 23.2 Å². The van der Waals surface area contributed by atoms with E-state index in [0.29, 0.717) is 28.9 Å². The number of halogens is 2. The third kappa shape index (κ3) is 3.69. The largest absolute Gasteiger partial charge is 0.333 e. The number of aromatic nitrogens is 4. The zero-order chi connectivity index (χ0) is 23.3. The van der Waals surface area contributed by atoms with Crippen molar-refractivity contribution in [3.8, 4) is 22.5 Å². The van der Waals surface area contributed by atoms with Crippen LogP contribution in [0.1, 0.15) is 28.8 Å². The molecule has 1 aromatic carbocycles. The minimum Gasteiger partial charge on any atom is -0.333 e. The van der Waals surface area contributed by atoms with Crippen LogP contribution in [0.15, 0.2) is 36.9 Å². The van der Waals surface area contributed by atoms with E-state index in [4.69, 9.17) is 0 Å². The van der Waals surface area contributed by atoms with Crippen LogP contribution < -0.4 is 5.32 Å². The molecule has 0 saturated carbocycles. The number of aryl methyl sites for hydroxylation is 1. The Bertz CT molecular complexity index is 1280. The molecule has 1 atom stereocenters. The third-order valence-corrected chi connectivity index (χ3v) is 5.97. The van der Waals surface area contributed by atoms with Gasteiger partial charge in [0.2, 0.25) is 11.8 Å². The third-order valence-electron chi connectivity index (χ3n) is 5.97. The molecule has 5 rings (SSSR count). The van der Waals surface area contributed by atoms with E-state index in [-0.39, 0.29) is 24.8 Å². The molecule has 0 unspecified atom stereocenters. The molecule has 2 aliphatic rings.